The van der Waals surface area contributed by atoms with Gasteiger partial charge in [0.05, 0.1) is 6.42 Å². The number of nitrogens with one attached hydrogen (secondary N) is 1. The van der Waals surface area contributed by atoms with Crippen LogP contribution in [0.25, 0.3) is 0 Å². The molecule has 1 saturated carbocycles. The molecule has 0 aromatic heterocycles. The van der Waals surface area contributed by atoms with Gasteiger partial charge in [-0.1, -0.05) is 67.3 Å². The molecular weight excluding hydrogens is 403 g/mol. The molecule has 2 aromatic rings. The number of rotatable bonds is 7. The minimum absolute atomic E-state index is 0.155. The topological polar surface area (TPSA) is 49.4 Å². The predicted octanol–water partition coefficient (Wildman–Crippen LogP) is 4.89. The molecule has 1 atom stereocenters. The molecule has 1 unspecified atom stereocenters. The predicted molar refractivity (Wildman–Crippen MR) is 117 cm³/mol. The highest BCUT2D eigenvalue weighted by molar-refractivity contribution is 6.31. The fourth-order valence-electron chi connectivity index (χ4n) is 3.89. The van der Waals surface area contributed by atoms with E-state index in [-0.39, 0.29) is 41.4 Å². The summed E-state index contributed by atoms with van der Waals surface area (Å²) in [5, 5.41) is 3.30. The van der Waals surface area contributed by atoms with Gasteiger partial charge in [-0.15, -0.1) is 0 Å². The Morgan fingerprint density at radius 2 is 1.80 bits per heavy atom. The number of benzene rings is 2. The Hall–Kier alpha value is -2.40. The molecule has 160 valence electrons. The van der Waals surface area contributed by atoms with Crippen LogP contribution in [-0.4, -0.2) is 28.8 Å². The minimum Gasteiger partial charge on any atom is -0.352 e. The second-order valence-corrected chi connectivity index (χ2v) is 8.31. The molecule has 4 nitrogen and oxygen atoms in total. The lowest BCUT2D eigenvalue weighted by Crippen LogP contribution is -2.50. The van der Waals surface area contributed by atoms with Crippen LogP contribution in [0.1, 0.15) is 50.2 Å². The van der Waals surface area contributed by atoms with Crippen molar-refractivity contribution in [2.45, 2.75) is 64.1 Å². The monoisotopic (exact) mass is 430 g/mol. The summed E-state index contributed by atoms with van der Waals surface area (Å²) in [6.07, 6.45) is 5.16. The van der Waals surface area contributed by atoms with Gasteiger partial charge in [0.15, 0.2) is 0 Å². The van der Waals surface area contributed by atoms with E-state index in [1.165, 1.54) is 23.5 Å². The van der Waals surface area contributed by atoms with Crippen molar-refractivity contribution in [2.24, 2.45) is 0 Å². The molecule has 0 heterocycles. The summed E-state index contributed by atoms with van der Waals surface area (Å²) in [7, 11) is 0. The third-order valence-corrected chi connectivity index (χ3v) is 6.06. The average Bonchev–Trinajstić information content (AvgIpc) is 2.75. The van der Waals surface area contributed by atoms with Gasteiger partial charge in [-0.2, -0.15) is 0 Å². The fraction of sp³-hybridized carbons (Fsp3) is 0.417. The molecule has 0 saturated heterocycles. The van der Waals surface area contributed by atoms with E-state index < -0.39 is 11.9 Å². The second kappa shape index (κ2) is 10.6. The first-order chi connectivity index (χ1) is 14.5. The third kappa shape index (κ3) is 5.82. The Kier molecular flexibility index (Phi) is 7.86. The van der Waals surface area contributed by atoms with Gasteiger partial charge < -0.3 is 10.2 Å². The first kappa shape index (κ1) is 22.3. The average molecular weight is 431 g/mol. The van der Waals surface area contributed by atoms with Crippen LogP contribution in [0.15, 0.2) is 48.5 Å². The van der Waals surface area contributed by atoms with E-state index in [1.807, 2.05) is 30.3 Å². The first-order valence-corrected chi connectivity index (χ1v) is 10.9. The van der Waals surface area contributed by atoms with Gasteiger partial charge >= 0.3 is 0 Å². The van der Waals surface area contributed by atoms with Crippen molar-refractivity contribution in [2.75, 3.05) is 0 Å². The molecule has 1 N–H and O–H groups in total. The zero-order valence-electron chi connectivity index (χ0n) is 17.2. The van der Waals surface area contributed by atoms with Crippen LogP contribution in [0, 0.1) is 5.82 Å². The quantitative estimate of drug-likeness (QED) is 0.680. The molecule has 0 spiro atoms. The van der Waals surface area contributed by atoms with Gasteiger partial charge in [0.25, 0.3) is 0 Å². The Morgan fingerprint density at radius 3 is 2.47 bits per heavy atom. The maximum absolute atomic E-state index is 14.2. The molecule has 30 heavy (non-hydrogen) atoms. The molecule has 0 radical (unpaired) electrons. The molecule has 3 rings (SSSR count). The largest absolute Gasteiger partial charge is 0.352 e. The van der Waals surface area contributed by atoms with Crippen LogP contribution in [0.2, 0.25) is 5.02 Å². The third-order valence-electron chi connectivity index (χ3n) is 5.70. The lowest BCUT2D eigenvalue weighted by molar-refractivity contribution is -0.140. The second-order valence-electron chi connectivity index (χ2n) is 7.90. The SMILES string of the molecule is CC(C(=O)NC1CCCCC1)N(Cc1ccccc1)C(=O)Cc1c(F)cccc1Cl. The van der Waals surface area contributed by atoms with Crippen LogP contribution in [-0.2, 0) is 22.6 Å². The highest BCUT2D eigenvalue weighted by Gasteiger charge is 2.29. The zero-order valence-corrected chi connectivity index (χ0v) is 18.0. The van der Waals surface area contributed by atoms with E-state index in [9.17, 15) is 14.0 Å². The van der Waals surface area contributed by atoms with Crippen molar-refractivity contribution < 1.29 is 14.0 Å². The number of amides is 2. The molecule has 1 aliphatic rings. The summed E-state index contributed by atoms with van der Waals surface area (Å²) in [4.78, 5) is 27.6. The molecule has 6 heteroatoms. The standard InChI is InChI=1S/C24H28ClFN2O2/c1-17(24(30)27-19-11-6-3-7-12-19)28(16-18-9-4-2-5-10-18)23(29)15-20-21(25)13-8-14-22(20)26/h2,4-5,8-10,13-14,17,19H,3,6-7,11-12,15-16H2,1H3,(H,27,30). The van der Waals surface area contributed by atoms with Crippen LogP contribution in [0.4, 0.5) is 4.39 Å². The summed E-state index contributed by atoms with van der Waals surface area (Å²) in [5.41, 5.74) is 1.06. The number of hydrogen-bond donors (Lipinski definition) is 1. The minimum atomic E-state index is -0.676. The highest BCUT2D eigenvalue weighted by Crippen LogP contribution is 2.22. The molecule has 1 aliphatic carbocycles. The van der Waals surface area contributed by atoms with E-state index in [2.05, 4.69) is 5.32 Å². The number of halogens is 2. The molecule has 0 bridgehead atoms. The number of hydrogen-bond acceptors (Lipinski definition) is 2. The van der Waals surface area contributed by atoms with Crippen molar-refractivity contribution in [3.8, 4) is 0 Å². The summed E-state index contributed by atoms with van der Waals surface area (Å²) < 4.78 is 14.2. The molecule has 2 amide bonds. The molecule has 1 fully saturated rings. The lowest BCUT2D eigenvalue weighted by atomic mass is 9.95. The van der Waals surface area contributed by atoms with E-state index in [0.717, 1.165) is 31.2 Å². The molecular formula is C24H28ClFN2O2. The van der Waals surface area contributed by atoms with E-state index >= 15 is 0 Å². The lowest BCUT2D eigenvalue weighted by Gasteiger charge is -2.31. The summed E-state index contributed by atoms with van der Waals surface area (Å²) in [5.74, 6) is -1.03. The van der Waals surface area contributed by atoms with Crippen LogP contribution in [0.5, 0.6) is 0 Å². The Bertz CT molecular complexity index is 849. The van der Waals surface area contributed by atoms with Crippen molar-refractivity contribution in [3.63, 3.8) is 0 Å². The van der Waals surface area contributed by atoms with Crippen molar-refractivity contribution in [1.29, 1.82) is 0 Å². The van der Waals surface area contributed by atoms with Gasteiger partial charge in [0, 0.05) is 23.2 Å². The fourth-order valence-corrected chi connectivity index (χ4v) is 4.12. The normalized spacial score (nSPS) is 15.4. The van der Waals surface area contributed by atoms with Crippen molar-refractivity contribution in [3.05, 3.63) is 70.5 Å². The van der Waals surface area contributed by atoms with Crippen LogP contribution in [0.3, 0.4) is 0 Å². The van der Waals surface area contributed by atoms with E-state index in [4.69, 9.17) is 11.6 Å². The maximum Gasteiger partial charge on any atom is 0.242 e. The summed E-state index contributed by atoms with van der Waals surface area (Å²) in [6, 6.07) is 13.3. The number of carbonyl (C=O) groups excluding carboxylic acids is 2. The van der Waals surface area contributed by atoms with Gasteiger partial charge in [-0.05, 0) is 37.5 Å². The zero-order chi connectivity index (χ0) is 21.5. The Balaban J connectivity index is 1.78. The molecule has 2 aromatic carbocycles. The summed E-state index contributed by atoms with van der Waals surface area (Å²) in [6.45, 7) is 1.99. The van der Waals surface area contributed by atoms with Crippen molar-refractivity contribution in [1.82, 2.24) is 10.2 Å². The van der Waals surface area contributed by atoms with Gasteiger partial charge in [-0.25, -0.2) is 4.39 Å². The van der Waals surface area contributed by atoms with Crippen LogP contribution >= 0.6 is 11.6 Å². The van der Waals surface area contributed by atoms with Crippen LogP contribution < -0.4 is 5.32 Å². The molecule has 0 aliphatic heterocycles. The Labute approximate surface area is 182 Å². The number of nitrogens with zero attached hydrogens (tertiary/aromatic N) is 1. The smallest absolute Gasteiger partial charge is 0.242 e. The van der Waals surface area contributed by atoms with Gasteiger partial charge in [0.1, 0.15) is 11.9 Å². The number of carbonyl (C=O) groups is 2. The Morgan fingerprint density at radius 1 is 1.10 bits per heavy atom. The summed E-state index contributed by atoms with van der Waals surface area (Å²) >= 11 is 6.12. The van der Waals surface area contributed by atoms with Gasteiger partial charge in [0.2, 0.25) is 11.8 Å². The van der Waals surface area contributed by atoms with Crippen molar-refractivity contribution >= 4 is 23.4 Å². The van der Waals surface area contributed by atoms with E-state index in [1.54, 1.807) is 13.0 Å². The maximum atomic E-state index is 14.2. The first-order valence-electron chi connectivity index (χ1n) is 10.5. The van der Waals surface area contributed by atoms with Gasteiger partial charge in [-0.3, -0.25) is 9.59 Å². The highest BCUT2D eigenvalue weighted by atomic mass is 35.5. The van der Waals surface area contributed by atoms with E-state index in [0.29, 0.717) is 0 Å².